The number of carbonyl (C=O) groups excluding carboxylic acids is 1. The average Bonchev–Trinajstić information content (AvgIpc) is 2.37. The van der Waals surface area contributed by atoms with Gasteiger partial charge in [0.1, 0.15) is 11.9 Å². The van der Waals surface area contributed by atoms with Gasteiger partial charge in [0.25, 0.3) is 0 Å². The van der Waals surface area contributed by atoms with Gasteiger partial charge in [0.15, 0.2) is 0 Å². The Morgan fingerprint density at radius 1 is 1.44 bits per heavy atom. The van der Waals surface area contributed by atoms with E-state index in [-0.39, 0.29) is 24.2 Å². The quantitative estimate of drug-likeness (QED) is 0.665. The predicted molar refractivity (Wildman–Crippen MR) is 60.4 cm³/mol. The van der Waals surface area contributed by atoms with Crippen molar-refractivity contribution in [2.24, 2.45) is 0 Å². The van der Waals surface area contributed by atoms with Gasteiger partial charge in [-0.25, -0.2) is 9.18 Å². The van der Waals surface area contributed by atoms with Crippen molar-refractivity contribution in [1.82, 2.24) is 0 Å². The Balaban J connectivity index is 2.93. The minimum absolute atomic E-state index is 0.0263. The largest absolute Gasteiger partial charge is 0.465 e. The first-order valence-electron chi connectivity index (χ1n) is 5.36. The molecule has 1 aromatic carbocycles. The van der Waals surface area contributed by atoms with Crippen molar-refractivity contribution in [2.45, 2.75) is 18.6 Å². The molecule has 0 aliphatic heterocycles. The molecular formula is C12H15FO5. The summed E-state index contributed by atoms with van der Waals surface area (Å²) in [4.78, 5) is 11.1. The second kappa shape index (κ2) is 6.44. The first-order chi connectivity index (χ1) is 8.51. The van der Waals surface area contributed by atoms with Gasteiger partial charge >= 0.3 is 5.97 Å². The molecule has 0 spiro atoms. The lowest BCUT2D eigenvalue weighted by atomic mass is 10.0. The second-order valence-corrected chi connectivity index (χ2v) is 3.76. The van der Waals surface area contributed by atoms with Crippen LogP contribution in [0.5, 0.6) is 0 Å². The molecule has 5 nitrogen and oxygen atoms in total. The number of carbonyl (C=O) groups is 1. The molecule has 100 valence electrons. The molecule has 2 atom stereocenters. The number of benzene rings is 1. The van der Waals surface area contributed by atoms with E-state index in [4.69, 9.17) is 5.11 Å². The van der Waals surface area contributed by atoms with Crippen LogP contribution in [0.3, 0.4) is 0 Å². The van der Waals surface area contributed by atoms with Crippen LogP contribution >= 0.6 is 0 Å². The number of hydrogen-bond donors (Lipinski definition) is 3. The van der Waals surface area contributed by atoms with Crippen LogP contribution in [0, 0.1) is 5.82 Å². The van der Waals surface area contributed by atoms with E-state index < -0.39 is 24.0 Å². The average molecular weight is 258 g/mol. The first kappa shape index (κ1) is 14.6. The van der Waals surface area contributed by atoms with Crippen LogP contribution in [0.2, 0.25) is 0 Å². The van der Waals surface area contributed by atoms with Gasteiger partial charge in [0.2, 0.25) is 0 Å². The van der Waals surface area contributed by atoms with Crippen LogP contribution in [0.1, 0.15) is 28.4 Å². The highest BCUT2D eigenvalue weighted by Gasteiger charge is 2.20. The summed E-state index contributed by atoms with van der Waals surface area (Å²) < 4.78 is 17.9. The summed E-state index contributed by atoms with van der Waals surface area (Å²) in [5.41, 5.74) is -0.119. The summed E-state index contributed by atoms with van der Waals surface area (Å²) in [7, 11) is 1.13. The third kappa shape index (κ3) is 3.25. The Labute approximate surface area is 103 Å². The summed E-state index contributed by atoms with van der Waals surface area (Å²) in [5, 5.41) is 27.8. The fourth-order valence-corrected chi connectivity index (χ4v) is 1.50. The number of aliphatic hydroxyl groups excluding tert-OH is 3. The topological polar surface area (TPSA) is 87.0 Å². The van der Waals surface area contributed by atoms with E-state index in [0.29, 0.717) is 0 Å². The summed E-state index contributed by atoms with van der Waals surface area (Å²) in [6, 6.07) is 3.45. The zero-order valence-electron chi connectivity index (χ0n) is 9.84. The molecule has 0 bridgehead atoms. The number of halogens is 1. The number of aliphatic hydroxyl groups is 3. The lowest BCUT2D eigenvalue weighted by Crippen LogP contribution is -2.20. The first-order valence-corrected chi connectivity index (χ1v) is 5.36. The Morgan fingerprint density at radius 2 is 2.11 bits per heavy atom. The molecule has 0 aliphatic carbocycles. The lowest BCUT2D eigenvalue weighted by molar-refractivity contribution is 0.00406. The van der Waals surface area contributed by atoms with Crippen LogP contribution in [0.25, 0.3) is 0 Å². The van der Waals surface area contributed by atoms with Crippen molar-refractivity contribution < 1.29 is 29.2 Å². The maximum atomic E-state index is 13.6. The van der Waals surface area contributed by atoms with Gasteiger partial charge in [-0.1, -0.05) is 6.07 Å². The van der Waals surface area contributed by atoms with Crippen LogP contribution in [0.15, 0.2) is 18.2 Å². The van der Waals surface area contributed by atoms with Gasteiger partial charge in [-0.15, -0.1) is 0 Å². The fourth-order valence-electron chi connectivity index (χ4n) is 1.50. The Morgan fingerprint density at radius 3 is 2.61 bits per heavy atom. The minimum atomic E-state index is -1.32. The van der Waals surface area contributed by atoms with E-state index >= 15 is 0 Å². The van der Waals surface area contributed by atoms with E-state index in [0.717, 1.165) is 13.2 Å². The Hall–Kier alpha value is -1.50. The number of hydrogen-bond acceptors (Lipinski definition) is 5. The van der Waals surface area contributed by atoms with E-state index in [1.165, 1.54) is 12.1 Å². The summed E-state index contributed by atoms with van der Waals surface area (Å²) in [5.74, 6) is -1.65. The molecule has 0 amide bonds. The van der Waals surface area contributed by atoms with E-state index in [9.17, 15) is 19.4 Å². The van der Waals surface area contributed by atoms with E-state index in [2.05, 4.69) is 4.74 Å². The molecule has 1 aromatic rings. The SMILES string of the molecule is COC(=O)c1ccc(C(O)C(O)CCO)cc1F. The number of ether oxygens (including phenoxy) is 1. The van der Waals surface area contributed by atoms with Crippen LogP contribution in [0.4, 0.5) is 4.39 Å². The predicted octanol–water partition coefficient (Wildman–Crippen LogP) is 0.389. The third-order valence-electron chi connectivity index (χ3n) is 2.53. The van der Waals surface area contributed by atoms with Crippen molar-refractivity contribution >= 4 is 5.97 Å². The van der Waals surface area contributed by atoms with Gasteiger partial charge < -0.3 is 20.1 Å². The summed E-state index contributed by atoms with van der Waals surface area (Å²) >= 11 is 0. The van der Waals surface area contributed by atoms with Crippen LogP contribution < -0.4 is 0 Å². The molecule has 1 rings (SSSR count). The fraction of sp³-hybridized carbons (Fsp3) is 0.417. The molecule has 0 saturated heterocycles. The smallest absolute Gasteiger partial charge is 0.340 e. The minimum Gasteiger partial charge on any atom is -0.465 e. The van der Waals surface area contributed by atoms with E-state index in [1.807, 2.05) is 0 Å². The standard InChI is InChI=1S/C12H15FO5/c1-18-12(17)8-3-2-7(6-9(8)13)11(16)10(15)4-5-14/h2-3,6,10-11,14-16H,4-5H2,1H3. The Kier molecular flexibility index (Phi) is 5.21. The van der Waals surface area contributed by atoms with Gasteiger partial charge in [-0.3, -0.25) is 0 Å². The van der Waals surface area contributed by atoms with Gasteiger partial charge in [0.05, 0.1) is 18.8 Å². The third-order valence-corrected chi connectivity index (χ3v) is 2.53. The number of methoxy groups -OCH3 is 1. The number of rotatable bonds is 5. The van der Waals surface area contributed by atoms with Gasteiger partial charge in [0, 0.05) is 6.61 Å². The van der Waals surface area contributed by atoms with Crippen molar-refractivity contribution in [3.05, 3.63) is 35.1 Å². The maximum Gasteiger partial charge on any atom is 0.340 e. The molecule has 18 heavy (non-hydrogen) atoms. The highest BCUT2D eigenvalue weighted by molar-refractivity contribution is 5.89. The molecule has 0 radical (unpaired) electrons. The monoisotopic (exact) mass is 258 g/mol. The second-order valence-electron chi connectivity index (χ2n) is 3.76. The lowest BCUT2D eigenvalue weighted by Gasteiger charge is -2.17. The normalized spacial score (nSPS) is 14.1. The molecule has 0 aromatic heterocycles. The molecule has 0 aliphatic rings. The van der Waals surface area contributed by atoms with Crippen LogP contribution in [-0.4, -0.2) is 41.1 Å². The molecular weight excluding hydrogens is 243 g/mol. The highest BCUT2D eigenvalue weighted by atomic mass is 19.1. The van der Waals surface area contributed by atoms with Gasteiger partial charge in [-0.05, 0) is 24.1 Å². The zero-order chi connectivity index (χ0) is 13.7. The van der Waals surface area contributed by atoms with E-state index in [1.54, 1.807) is 0 Å². The summed E-state index contributed by atoms with van der Waals surface area (Å²) in [6.07, 6.45) is -2.54. The van der Waals surface area contributed by atoms with Crippen molar-refractivity contribution in [3.63, 3.8) is 0 Å². The molecule has 0 fully saturated rings. The molecule has 2 unspecified atom stereocenters. The molecule has 3 N–H and O–H groups in total. The summed E-state index contributed by atoms with van der Waals surface area (Å²) in [6.45, 7) is -0.291. The molecule has 0 saturated carbocycles. The maximum absolute atomic E-state index is 13.6. The van der Waals surface area contributed by atoms with Crippen molar-refractivity contribution in [2.75, 3.05) is 13.7 Å². The van der Waals surface area contributed by atoms with Gasteiger partial charge in [-0.2, -0.15) is 0 Å². The molecule has 0 heterocycles. The van der Waals surface area contributed by atoms with Crippen molar-refractivity contribution in [3.8, 4) is 0 Å². The highest BCUT2D eigenvalue weighted by Crippen LogP contribution is 2.21. The van der Waals surface area contributed by atoms with Crippen molar-refractivity contribution in [1.29, 1.82) is 0 Å². The van der Waals surface area contributed by atoms with Crippen LogP contribution in [-0.2, 0) is 4.74 Å². The molecule has 6 heteroatoms. The Bertz CT molecular complexity index is 421. The zero-order valence-corrected chi connectivity index (χ0v) is 9.84. The number of esters is 1.